The lowest BCUT2D eigenvalue weighted by Gasteiger charge is -2.52. The first kappa shape index (κ1) is 14.6. The molecule has 2 nitrogen and oxygen atoms in total. The topological polar surface area (TPSA) is 15.3 Å². The van der Waals surface area contributed by atoms with Crippen LogP contribution in [0.3, 0.4) is 0 Å². The Morgan fingerprint density at radius 1 is 1.35 bits per heavy atom. The molecule has 2 fully saturated rings. The summed E-state index contributed by atoms with van der Waals surface area (Å²) in [5, 5.41) is 6.07. The lowest BCUT2D eigenvalue weighted by atomic mass is 9.78. The van der Waals surface area contributed by atoms with Crippen molar-refractivity contribution in [2.24, 2.45) is 0 Å². The molecule has 1 saturated heterocycles. The van der Waals surface area contributed by atoms with Crippen molar-refractivity contribution in [3.63, 3.8) is 0 Å². The zero-order chi connectivity index (χ0) is 13.8. The van der Waals surface area contributed by atoms with Gasteiger partial charge in [0.15, 0.2) is 0 Å². The van der Waals surface area contributed by atoms with Crippen molar-refractivity contribution in [1.82, 2.24) is 10.2 Å². The summed E-state index contributed by atoms with van der Waals surface area (Å²) in [7, 11) is 0. The summed E-state index contributed by atoms with van der Waals surface area (Å²) in [6, 6.07) is 5.20. The largest absolute Gasteiger partial charge is 0.311 e. The van der Waals surface area contributed by atoms with E-state index < -0.39 is 0 Å². The SMILES string of the molecule is CCCC1CN(Cc2cccs2)C2(CCCCC2)CN1. The lowest BCUT2D eigenvalue weighted by molar-refractivity contribution is 0.00260. The Morgan fingerprint density at radius 3 is 2.90 bits per heavy atom. The quantitative estimate of drug-likeness (QED) is 0.901. The first-order valence-corrected chi connectivity index (χ1v) is 9.21. The van der Waals surface area contributed by atoms with Crippen LogP contribution >= 0.6 is 11.3 Å². The fourth-order valence-corrected chi connectivity index (χ4v) is 4.76. The molecule has 1 atom stereocenters. The molecule has 3 heteroatoms. The monoisotopic (exact) mass is 292 g/mol. The molecule has 0 bridgehead atoms. The molecule has 1 unspecified atom stereocenters. The highest BCUT2D eigenvalue weighted by Gasteiger charge is 2.41. The van der Waals surface area contributed by atoms with Crippen molar-refractivity contribution >= 4 is 11.3 Å². The predicted octanol–water partition coefficient (Wildman–Crippen LogP) is 4.02. The number of thiophene rings is 1. The molecular weight excluding hydrogens is 264 g/mol. The molecule has 1 spiro atoms. The molecule has 1 aliphatic heterocycles. The smallest absolute Gasteiger partial charge is 0.0338 e. The maximum Gasteiger partial charge on any atom is 0.0338 e. The Bertz CT molecular complexity index is 395. The second-order valence-corrected chi connectivity index (χ2v) is 7.64. The van der Waals surface area contributed by atoms with Crippen molar-refractivity contribution in [3.05, 3.63) is 22.4 Å². The molecule has 1 aliphatic carbocycles. The highest BCUT2D eigenvalue weighted by Crippen LogP contribution is 2.37. The minimum absolute atomic E-state index is 0.451. The molecule has 2 aliphatic rings. The van der Waals surface area contributed by atoms with Gasteiger partial charge in [0.1, 0.15) is 0 Å². The van der Waals surface area contributed by atoms with Gasteiger partial charge in [-0.1, -0.05) is 38.7 Å². The van der Waals surface area contributed by atoms with Gasteiger partial charge in [0.25, 0.3) is 0 Å². The molecule has 1 saturated carbocycles. The van der Waals surface area contributed by atoms with E-state index in [9.17, 15) is 0 Å². The van der Waals surface area contributed by atoms with Crippen LogP contribution in [-0.4, -0.2) is 29.6 Å². The first-order valence-electron chi connectivity index (χ1n) is 8.33. The highest BCUT2D eigenvalue weighted by molar-refractivity contribution is 7.09. The van der Waals surface area contributed by atoms with Crippen LogP contribution in [0.4, 0.5) is 0 Å². The third kappa shape index (κ3) is 3.10. The molecule has 0 amide bonds. The van der Waals surface area contributed by atoms with Crippen molar-refractivity contribution in [2.75, 3.05) is 13.1 Å². The van der Waals surface area contributed by atoms with E-state index in [1.165, 1.54) is 69.5 Å². The Balaban J connectivity index is 1.74. The fourth-order valence-electron chi connectivity index (χ4n) is 4.04. The van der Waals surface area contributed by atoms with Crippen molar-refractivity contribution < 1.29 is 0 Å². The maximum absolute atomic E-state index is 3.85. The number of hydrogen-bond acceptors (Lipinski definition) is 3. The van der Waals surface area contributed by atoms with Crippen LogP contribution in [-0.2, 0) is 6.54 Å². The van der Waals surface area contributed by atoms with Gasteiger partial charge in [-0.2, -0.15) is 0 Å². The van der Waals surface area contributed by atoms with E-state index in [0.717, 1.165) is 0 Å². The molecule has 1 aromatic rings. The summed E-state index contributed by atoms with van der Waals surface area (Å²) in [5.41, 5.74) is 0.451. The molecule has 3 rings (SSSR count). The molecule has 1 aromatic heterocycles. The first-order chi connectivity index (χ1) is 9.82. The second kappa shape index (κ2) is 6.59. The highest BCUT2D eigenvalue weighted by atomic mass is 32.1. The van der Waals surface area contributed by atoms with Crippen LogP contribution in [0.5, 0.6) is 0 Å². The molecule has 1 N–H and O–H groups in total. The van der Waals surface area contributed by atoms with Crippen LogP contribution < -0.4 is 5.32 Å². The van der Waals surface area contributed by atoms with Gasteiger partial charge in [0.05, 0.1) is 0 Å². The van der Waals surface area contributed by atoms with Gasteiger partial charge >= 0.3 is 0 Å². The fraction of sp³-hybridized carbons (Fsp3) is 0.765. The summed E-state index contributed by atoms with van der Waals surface area (Å²) < 4.78 is 0. The van der Waals surface area contributed by atoms with Crippen LogP contribution in [0, 0.1) is 0 Å². The van der Waals surface area contributed by atoms with Gasteiger partial charge in [-0.3, -0.25) is 4.90 Å². The van der Waals surface area contributed by atoms with Gasteiger partial charge in [0.2, 0.25) is 0 Å². The number of piperazine rings is 1. The van der Waals surface area contributed by atoms with Crippen LogP contribution in [0.1, 0.15) is 56.7 Å². The summed E-state index contributed by atoms with van der Waals surface area (Å²) in [5.74, 6) is 0. The van der Waals surface area contributed by atoms with Crippen molar-refractivity contribution in [1.29, 1.82) is 0 Å². The minimum Gasteiger partial charge on any atom is -0.311 e. The Labute approximate surface area is 127 Å². The van der Waals surface area contributed by atoms with Crippen molar-refractivity contribution in [3.8, 4) is 0 Å². The molecule has 112 valence electrons. The van der Waals surface area contributed by atoms with E-state index in [4.69, 9.17) is 0 Å². The van der Waals surface area contributed by atoms with E-state index in [-0.39, 0.29) is 0 Å². The third-order valence-electron chi connectivity index (χ3n) is 5.18. The average Bonchev–Trinajstić information content (AvgIpc) is 2.97. The van der Waals surface area contributed by atoms with E-state index >= 15 is 0 Å². The molecule has 20 heavy (non-hydrogen) atoms. The summed E-state index contributed by atoms with van der Waals surface area (Å²) in [4.78, 5) is 4.36. The predicted molar refractivity (Wildman–Crippen MR) is 87.2 cm³/mol. The average molecular weight is 292 g/mol. The molecular formula is C17H28N2S. The van der Waals surface area contributed by atoms with E-state index in [0.29, 0.717) is 11.6 Å². The van der Waals surface area contributed by atoms with Gasteiger partial charge in [-0.25, -0.2) is 0 Å². The lowest BCUT2D eigenvalue weighted by Crippen LogP contribution is -2.64. The van der Waals surface area contributed by atoms with Gasteiger partial charge < -0.3 is 5.32 Å². The van der Waals surface area contributed by atoms with Crippen LogP contribution in [0.15, 0.2) is 17.5 Å². The minimum atomic E-state index is 0.451. The molecule has 2 heterocycles. The van der Waals surface area contributed by atoms with Crippen LogP contribution in [0.25, 0.3) is 0 Å². The van der Waals surface area contributed by atoms with Crippen LogP contribution in [0.2, 0.25) is 0 Å². The Morgan fingerprint density at radius 2 is 2.20 bits per heavy atom. The Hall–Kier alpha value is -0.380. The van der Waals surface area contributed by atoms with Gasteiger partial charge in [-0.15, -0.1) is 11.3 Å². The van der Waals surface area contributed by atoms with Gasteiger partial charge in [0, 0.05) is 36.1 Å². The second-order valence-electron chi connectivity index (χ2n) is 6.61. The number of nitrogens with zero attached hydrogens (tertiary/aromatic N) is 1. The molecule has 0 aromatic carbocycles. The zero-order valence-corrected chi connectivity index (χ0v) is 13.6. The zero-order valence-electron chi connectivity index (χ0n) is 12.7. The maximum atomic E-state index is 3.85. The molecule has 0 radical (unpaired) electrons. The van der Waals surface area contributed by atoms with E-state index in [1.54, 1.807) is 0 Å². The van der Waals surface area contributed by atoms with Gasteiger partial charge in [-0.05, 0) is 30.7 Å². The standard InChI is InChI=1S/C17H28N2S/c1-2-7-15-12-19(13-16-8-6-11-20-16)17(14-18-15)9-4-3-5-10-17/h6,8,11,15,18H,2-5,7,9-10,12-14H2,1H3. The third-order valence-corrected chi connectivity index (χ3v) is 6.04. The summed E-state index contributed by atoms with van der Waals surface area (Å²) in [6.45, 7) is 5.92. The van der Waals surface area contributed by atoms with Crippen molar-refractivity contribution in [2.45, 2.75) is 70.0 Å². The van der Waals surface area contributed by atoms with E-state index in [1.807, 2.05) is 11.3 Å². The summed E-state index contributed by atoms with van der Waals surface area (Å²) in [6.07, 6.45) is 9.66. The van der Waals surface area contributed by atoms with E-state index in [2.05, 4.69) is 34.7 Å². The number of rotatable bonds is 4. The number of hydrogen-bond donors (Lipinski definition) is 1. The summed E-state index contributed by atoms with van der Waals surface area (Å²) >= 11 is 1.92. The Kier molecular flexibility index (Phi) is 4.79. The normalized spacial score (nSPS) is 26.9. The number of nitrogens with one attached hydrogen (secondary N) is 1.